The molecule has 0 spiro atoms. The Labute approximate surface area is 196 Å². The molecule has 0 aliphatic carbocycles. The molecule has 0 saturated heterocycles. The lowest BCUT2D eigenvalue weighted by atomic mass is 9.97. The Hall–Kier alpha value is -2.54. The van der Waals surface area contributed by atoms with Crippen LogP contribution >= 0.6 is 8.25 Å². The van der Waals surface area contributed by atoms with Crippen LogP contribution in [0, 0.1) is 19.3 Å². The van der Waals surface area contributed by atoms with Crippen LogP contribution in [-0.2, 0) is 29.6 Å². The maximum atomic E-state index is 11.8. The molecule has 0 amide bonds. The van der Waals surface area contributed by atoms with Crippen molar-refractivity contribution in [3.8, 4) is 11.5 Å². The van der Waals surface area contributed by atoms with E-state index in [1.54, 1.807) is 26.8 Å². The SMILES string of the molecule is Cc1cc(OCO[P+](=O)OCOC(=O)C(C)(C)C)cc(C)c1Cc1ccc(O)c(C(C)C)n1. The zero-order chi connectivity index (χ0) is 24.8. The number of ether oxygens (including phenoxy) is 2. The fourth-order valence-electron chi connectivity index (χ4n) is 3.04. The Morgan fingerprint density at radius 2 is 1.70 bits per heavy atom. The van der Waals surface area contributed by atoms with Gasteiger partial charge in [-0.15, -0.1) is 0 Å². The molecule has 0 aliphatic rings. The van der Waals surface area contributed by atoms with Crippen LogP contribution in [0.2, 0.25) is 0 Å². The van der Waals surface area contributed by atoms with E-state index in [9.17, 15) is 14.5 Å². The summed E-state index contributed by atoms with van der Waals surface area (Å²) in [6, 6.07) is 7.25. The highest BCUT2D eigenvalue weighted by Crippen LogP contribution is 2.29. The molecule has 1 atom stereocenters. The number of carbonyl (C=O) groups is 1. The minimum absolute atomic E-state index is 0.129. The first-order chi connectivity index (χ1) is 15.4. The van der Waals surface area contributed by atoms with Gasteiger partial charge >= 0.3 is 14.2 Å². The maximum absolute atomic E-state index is 11.8. The first-order valence-corrected chi connectivity index (χ1v) is 11.8. The van der Waals surface area contributed by atoms with Gasteiger partial charge in [0, 0.05) is 16.7 Å². The van der Waals surface area contributed by atoms with Crippen molar-refractivity contribution in [1.29, 1.82) is 0 Å². The van der Waals surface area contributed by atoms with Crippen molar-refractivity contribution >= 4 is 14.2 Å². The molecule has 0 bridgehead atoms. The summed E-state index contributed by atoms with van der Waals surface area (Å²) in [4.78, 5) is 16.2. The summed E-state index contributed by atoms with van der Waals surface area (Å²) in [5.41, 5.74) is 4.04. The van der Waals surface area contributed by atoms with Gasteiger partial charge in [0.2, 0.25) is 13.6 Å². The molecule has 0 saturated carbocycles. The molecule has 2 aromatic rings. The maximum Gasteiger partial charge on any atom is 0.704 e. The minimum atomic E-state index is -2.49. The summed E-state index contributed by atoms with van der Waals surface area (Å²) in [5.74, 6) is 0.443. The number of benzene rings is 1. The van der Waals surface area contributed by atoms with Crippen molar-refractivity contribution in [2.75, 3.05) is 13.6 Å². The zero-order valence-electron chi connectivity index (χ0n) is 20.3. The second-order valence-corrected chi connectivity index (χ2v) is 10.1. The Morgan fingerprint density at radius 1 is 1.09 bits per heavy atom. The Kier molecular flexibility index (Phi) is 9.35. The molecule has 1 aromatic carbocycles. The van der Waals surface area contributed by atoms with Gasteiger partial charge in [0.1, 0.15) is 11.5 Å². The smallest absolute Gasteiger partial charge is 0.506 e. The highest BCUT2D eigenvalue weighted by atomic mass is 31.1. The predicted molar refractivity (Wildman–Crippen MR) is 124 cm³/mol. The lowest BCUT2D eigenvalue weighted by Gasteiger charge is -2.14. The highest BCUT2D eigenvalue weighted by Gasteiger charge is 2.26. The first-order valence-electron chi connectivity index (χ1n) is 10.7. The summed E-state index contributed by atoms with van der Waals surface area (Å²) in [6.45, 7) is 12.3. The molecule has 1 aromatic heterocycles. The standard InChI is InChI=1S/C24H32NO7P/c1-15(2)22-21(26)9-8-18(25-22)12-20-16(3)10-19(11-17(20)4)29-13-31-33(28)32-14-30-23(27)24(5,6)7/h8-11,15H,12-14H2,1-7H3/p+1. The lowest BCUT2D eigenvalue weighted by molar-refractivity contribution is -0.159. The van der Waals surface area contributed by atoms with Crippen LogP contribution in [0.3, 0.4) is 0 Å². The van der Waals surface area contributed by atoms with Gasteiger partial charge in [-0.1, -0.05) is 22.9 Å². The lowest BCUT2D eigenvalue weighted by Crippen LogP contribution is -2.23. The van der Waals surface area contributed by atoms with E-state index in [0.717, 1.165) is 22.4 Å². The van der Waals surface area contributed by atoms with Crippen LogP contribution in [0.25, 0.3) is 0 Å². The molecule has 0 fully saturated rings. The summed E-state index contributed by atoms with van der Waals surface area (Å²) in [5, 5.41) is 10.00. The normalized spacial score (nSPS) is 12.1. The van der Waals surface area contributed by atoms with Gasteiger partial charge in [-0.05, 0) is 81.5 Å². The predicted octanol–water partition coefficient (Wildman–Crippen LogP) is 5.69. The number of hydrogen-bond donors (Lipinski definition) is 1. The van der Waals surface area contributed by atoms with Crippen molar-refractivity contribution in [1.82, 2.24) is 4.98 Å². The van der Waals surface area contributed by atoms with Gasteiger partial charge in [-0.2, -0.15) is 0 Å². The summed E-state index contributed by atoms with van der Waals surface area (Å²) in [7, 11) is -2.49. The van der Waals surface area contributed by atoms with Crippen LogP contribution < -0.4 is 4.74 Å². The van der Waals surface area contributed by atoms with E-state index < -0.39 is 26.4 Å². The number of pyridine rings is 1. The molecule has 1 unspecified atom stereocenters. The number of nitrogens with zero attached hydrogens (tertiary/aromatic N) is 1. The van der Waals surface area contributed by atoms with Gasteiger partial charge in [0.25, 0.3) is 0 Å². The van der Waals surface area contributed by atoms with Gasteiger partial charge in [0.15, 0.2) is 0 Å². The van der Waals surface area contributed by atoms with Crippen molar-refractivity contribution in [2.24, 2.45) is 5.41 Å². The quantitative estimate of drug-likeness (QED) is 0.264. The Balaban J connectivity index is 1.90. The van der Waals surface area contributed by atoms with Crippen molar-refractivity contribution in [3.05, 3.63) is 52.3 Å². The summed E-state index contributed by atoms with van der Waals surface area (Å²) in [6.07, 6.45) is 0.626. The molecule has 0 radical (unpaired) electrons. The molecule has 1 N–H and O–H groups in total. The minimum Gasteiger partial charge on any atom is -0.506 e. The van der Waals surface area contributed by atoms with Gasteiger partial charge in [-0.3, -0.25) is 9.78 Å². The van der Waals surface area contributed by atoms with Crippen molar-refractivity contribution in [2.45, 2.75) is 60.8 Å². The number of aromatic nitrogens is 1. The largest absolute Gasteiger partial charge is 0.704 e. The third-order valence-electron chi connectivity index (χ3n) is 4.88. The van der Waals surface area contributed by atoms with Crippen molar-refractivity contribution < 1.29 is 33.0 Å². The average molecular weight is 479 g/mol. The molecule has 8 nitrogen and oxygen atoms in total. The molecule has 33 heavy (non-hydrogen) atoms. The van der Waals surface area contributed by atoms with Crippen LogP contribution in [0.1, 0.15) is 68.6 Å². The number of carbonyl (C=O) groups excluding carboxylic acids is 1. The van der Waals surface area contributed by atoms with Crippen LogP contribution in [0.5, 0.6) is 11.5 Å². The van der Waals surface area contributed by atoms with E-state index in [0.29, 0.717) is 17.9 Å². The fraction of sp³-hybridized carbons (Fsp3) is 0.500. The Bertz CT molecular complexity index is 976. The van der Waals surface area contributed by atoms with Gasteiger partial charge < -0.3 is 14.6 Å². The summed E-state index contributed by atoms with van der Waals surface area (Å²) < 4.78 is 32.0. The van der Waals surface area contributed by atoms with E-state index in [4.69, 9.17) is 18.5 Å². The second kappa shape index (κ2) is 11.5. The fourth-order valence-corrected chi connectivity index (χ4v) is 3.40. The van der Waals surface area contributed by atoms with Crippen molar-refractivity contribution in [3.63, 3.8) is 0 Å². The van der Waals surface area contributed by atoms with Crippen LogP contribution in [0.15, 0.2) is 24.3 Å². The number of hydrogen-bond acceptors (Lipinski definition) is 8. The molecular weight excluding hydrogens is 445 g/mol. The third kappa shape index (κ3) is 8.07. The monoisotopic (exact) mass is 478 g/mol. The second-order valence-electron chi connectivity index (χ2n) is 9.12. The number of aromatic hydroxyl groups is 1. The highest BCUT2D eigenvalue weighted by molar-refractivity contribution is 7.33. The molecule has 0 aliphatic heterocycles. The molecule has 180 valence electrons. The summed E-state index contributed by atoms with van der Waals surface area (Å²) >= 11 is 0. The number of esters is 1. The van der Waals surface area contributed by atoms with E-state index in [2.05, 4.69) is 4.98 Å². The Morgan fingerprint density at radius 3 is 2.27 bits per heavy atom. The third-order valence-corrected chi connectivity index (χ3v) is 5.51. The van der Waals surface area contributed by atoms with E-state index in [-0.39, 0.29) is 18.5 Å². The average Bonchev–Trinajstić information content (AvgIpc) is 2.71. The van der Waals surface area contributed by atoms with Gasteiger partial charge in [0.05, 0.1) is 11.1 Å². The molecule has 2 rings (SSSR count). The number of aryl methyl sites for hydroxylation is 2. The first kappa shape index (κ1) is 26.7. The van der Waals surface area contributed by atoms with E-state index >= 15 is 0 Å². The topological polar surface area (TPSA) is 104 Å². The number of rotatable bonds is 10. The molecular formula is C24H33NO7P+. The molecule has 1 heterocycles. The van der Waals surface area contributed by atoms with E-state index in [1.165, 1.54) is 0 Å². The zero-order valence-corrected chi connectivity index (χ0v) is 21.2. The van der Waals surface area contributed by atoms with Gasteiger partial charge in [-0.25, -0.2) is 0 Å². The molecule has 9 heteroatoms. The van der Waals surface area contributed by atoms with E-state index in [1.807, 2.05) is 45.9 Å². The van der Waals surface area contributed by atoms with Crippen LogP contribution in [0.4, 0.5) is 0 Å². The van der Waals surface area contributed by atoms with Crippen LogP contribution in [-0.4, -0.2) is 29.6 Å².